The van der Waals surface area contributed by atoms with Gasteiger partial charge in [-0.3, -0.25) is 4.99 Å². The van der Waals surface area contributed by atoms with Gasteiger partial charge in [0.25, 0.3) is 0 Å². The summed E-state index contributed by atoms with van der Waals surface area (Å²) in [5.74, 6) is 0.558. The lowest BCUT2D eigenvalue weighted by Crippen LogP contribution is -2.41. The first-order valence-electron chi connectivity index (χ1n) is 19.8. The SMILES string of the molecule is CCCCOc1c(C(C)(C)C)cc(C(O)(c2cc(C(C)(C)C)c(OCCCC)c(C(C)(C)C)c2)C(CC)N=Cc2cccc(F)c2O)cc1C(C)(C)C. The van der Waals surface area contributed by atoms with Gasteiger partial charge in [-0.2, -0.15) is 0 Å². The van der Waals surface area contributed by atoms with Crippen molar-refractivity contribution in [3.05, 3.63) is 87.2 Å². The summed E-state index contributed by atoms with van der Waals surface area (Å²) in [6.07, 6.45) is 5.88. The Morgan fingerprint density at radius 2 is 1.04 bits per heavy atom. The van der Waals surface area contributed by atoms with Crippen LogP contribution in [0.1, 0.15) is 175 Å². The van der Waals surface area contributed by atoms with Crippen molar-refractivity contribution in [3.63, 3.8) is 0 Å². The number of para-hydroxylation sites is 1. The standard InChI is InChI=1S/C47H70FNO4/c1-16-19-24-52-41-34(43(4,5)6)26-32(27-35(41)44(7,8)9)47(51,39(18-3)49-30-31-22-21-23-38(48)40(31)50)33-28-36(45(10,11)12)42(53-25-20-17-2)37(29-33)46(13,14)15/h21-23,26-30,39,50-51H,16-20,24-25H2,1-15H3. The van der Waals surface area contributed by atoms with E-state index in [-0.39, 0.29) is 27.2 Å². The van der Waals surface area contributed by atoms with Gasteiger partial charge in [-0.25, -0.2) is 4.39 Å². The molecular weight excluding hydrogens is 662 g/mol. The van der Waals surface area contributed by atoms with E-state index in [0.29, 0.717) is 30.8 Å². The Kier molecular flexibility index (Phi) is 14.1. The van der Waals surface area contributed by atoms with Gasteiger partial charge in [0.2, 0.25) is 0 Å². The maximum absolute atomic E-state index is 14.5. The summed E-state index contributed by atoms with van der Waals surface area (Å²) in [7, 11) is 0. The molecule has 0 aliphatic rings. The van der Waals surface area contributed by atoms with Gasteiger partial charge in [-0.1, -0.05) is 123 Å². The van der Waals surface area contributed by atoms with E-state index in [1.807, 2.05) is 6.92 Å². The number of phenolic OH excluding ortho intramolecular Hbond substituents is 1. The highest BCUT2D eigenvalue weighted by Gasteiger charge is 2.44. The fourth-order valence-corrected chi connectivity index (χ4v) is 6.74. The molecule has 2 N–H and O–H groups in total. The van der Waals surface area contributed by atoms with Crippen LogP contribution in [-0.2, 0) is 27.3 Å². The van der Waals surface area contributed by atoms with Gasteiger partial charge in [0.15, 0.2) is 11.6 Å². The molecule has 3 rings (SSSR count). The van der Waals surface area contributed by atoms with Gasteiger partial charge in [-0.15, -0.1) is 0 Å². The molecule has 0 aliphatic heterocycles. The van der Waals surface area contributed by atoms with Crippen LogP contribution < -0.4 is 9.47 Å². The monoisotopic (exact) mass is 732 g/mol. The molecule has 6 heteroatoms. The summed E-state index contributed by atoms with van der Waals surface area (Å²) in [5, 5.41) is 24.5. The first-order chi connectivity index (χ1) is 24.4. The van der Waals surface area contributed by atoms with Crippen LogP contribution in [0.2, 0.25) is 0 Å². The van der Waals surface area contributed by atoms with Crippen molar-refractivity contribution < 1.29 is 24.1 Å². The second-order valence-corrected chi connectivity index (χ2v) is 18.9. The summed E-state index contributed by atoms with van der Waals surface area (Å²) >= 11 is 0. The minimum absolute atomic E-state index is 0.252. The van der Waals surface area contributed by atoms with Crippen molar-refractivity contribution in [2.24, 2.45) is 4.99 Å². The molecule has 5 nitrogen and oxygen atoms in total. The van der Waals surface area contributed by atoms with Gasteiger partial charge in [-0.05, 0) is 88.4 Å². The fourth-order valence-electron chi connectivity index (χ4n) is 6.74. The molecule has 0 spiro atoms. The van der Waals surface area contributed by atoms with Crippen molar-refractivity contribution >= 4 is 6.21 Å². The third kappa shape index (κ3) is 10.2. The zero-order chi connectivity index (χ0) is 40.2. The highest BCUT2D eigenvalue weighted by atomic mass is 19.1. The molecule has 0 saturated heterocycles. The van der Waals surface area contributed by atoms with Crippen molar-refractivity contribution in [1.29, 1.82) is 0 Å². The average Bonchev–Trinajstić information content (AvgIpc) is 3.04. The van der Waals surface area contributed by atoms with E-state index in [1.54, 1.807) is 12.1 Å². The summed E-state index contributed by atoms with van der Waals surface area (Å²) < 4.78 is 27.8. The van der Waals surface area contributed by atoms with Gasteiger partial charge in [0.05, 0.1) is 19.3 Å². The lowest BCUT2D eigenvalue weighted by Gasteiger charge is -2.40. The van der Waals surface area contributed by atoms with E-state index in [9.17, 15) is 14.6 Å². The third-order valence-corrected chi connectivity index (χ3v) is 10.1. The number of ether oxygens (including phenoxy) is 2. The number of aliphatic hydroxyl groups is 1. The van der Waals surface area contributed by atoms with Crippen LogP contribution in [0.4, 0.5) is 4.39 Å². The maximum Gasteiger partial charge on any atom is 0.165 e. The van der Waals surface area contributed by atoms with Crippen LogP contribution in [0, 0.1) is 5.82 Å². The van der Waals surface area contributed by atoms with Crippen LogP contribution in [0.3, 0.4) is 0 Å². The number of halogens is 1. The van der Waals surface area contributed by atoms with E-state index in [2.05, 4.69) is 121 Å². The van der Waals surface area contributed by atoms with Crippen LogP contribution in [0.25, 0.3) is 0 Å². The van der Waals surface area contributed by atoms with Gasteiger partial charge in [0.1, 0.15) is 17.1 Å². The minimum atomic E-state index is -1.65. The number of rotatable bonds is 14. The highest BCUT2D eigenvalue weighted by Crippen LogP contribution is 2.49. The predicted molar refractivity (Wildman–Crippen MR) is 221 cm³/mol. The number of phenols is 1. The van der Waals surface area contributed by atoms with E-state index in [4.69, 9.17) is 14.5 Å². The smallest absolute Gasteiger partial charge is 0.165 e. The number of aromatic hydroxyl groups is 1. The van der Waals surface area contributed by atoms with Crippen LogP contribution in [-0.4, -0.2) is 35.7 Å². The van der Waals surface area contributed by atoms with E-state index < -0.39 is 23.2 Å². The van der Waals surface area contributed by atoms with Gasteiger partial charge < -0.3 is 19.7 Å². The molecule has 294 valence electrons. The lowest BCUT2D eigenvalue weighted by molar-refractivity contribution is 0.0507. The van der Waals surface area contributed by atoms with Gasteiger partial charge in [0, 0.05) is 34.0 Å². The molecule has 1 unspecified atom stereocenters. The molecule has 0 amide bonds. The molecule has 0 radical (unpaired) electrons. The Hall–Kier alpha value is -3.38. The number of hydrogen-bond acceptors (Lipinski definition) is 5. The average molecular weight is 732 g/mol. The maximum atomic E-state index is 14.5. The molecular formula is C47H70FNO4. The van der Waals surface area contributed by atoms with E-state index in [0.717, 1.165) is 59.4 Å². The van der Waals surface area contributed by atoms with Crippen molar-refractivity contribution in [3.8, 4) is 17.2 Å². The molecule has 0 fully saturated rings. The molecule has 0 bridgehead atoms. The zero-order valence-corrected chi connectivity index (χ0v) is 35.7. The summed E-state index contributed by atoms with van der Waals surface area (Å²) in [5.41, 5.74) is 2.81. The molecule has 0 aromatic heterocycles. The highest BCUT2D eigenvalue weighted by molar-refractivity contribution is 5.83. The second kappa shape index (κ2) is 17.0. The third-order valence-electron chi connectivity index (χ3n) is 10.1. The Morgan fingerprint density at radius 3 is 1.36 bits per heavy atom. The van der Waals surface area contributed by atoms with Crippen LogP contribution in [0.15, 0.2) is 47.5 Å². The number of benzene rings is 3. The second-order valence-electron chi connectivity index (χ2n) is 18.9. The number of unbranched alkanes of at least 4 members (excludes halogenated alkanes) is 2. The lowest BCUT2D eigenvalue weighted by atomic mass is 9.70. The molecule has 3 aromatic carbocycles. The molecule has 53 heavy (non-hydrogen) atoms. The molecule has 0 heterocycles. The Labute approximate surface area is 321 Å². The van der Waals surface area contributed by atoms with Crippen molar-refractivity contribution in [2.45, 2.75) is 169 Å². The number of nitrogens with zero attached hydrogens (tertiary/aromatic N) is 1. The summed E-state index contributed by atoms with van der Waals surface area (Å²) in [4.78, 5) is 5.01. The molecule has 0 aliphatic carbocycles. The Balaban J connectivity index is 2.61. The van der Waals surface area contributed by atoms with Crippen LogP contribution in [0.5, 0.6) is 17.2 Å². The predicted octanol–water partition coefficient (Wildman–Crippen LogP) is 12.2. The normalized spacial score (nSPS) is 13.8. The van der Waals surface area contributed by atoms with Crippen molar-refractivity contribution in [1.82, 2.24) is 0 Å². The fraction of sp³-hybridized carbons (Fsp3) is 0.596. The van der Waals surface area contributed by atoms with Gasteiger partial charge >= 0.3 is 0 Å². The first-order valence-corrected chi connectivity index (χ1v) is 19.8. The summed E-state index contributed by atoms with van der Waals surface area (Å²) in [6, 6.07) is 12.2. The number of aliphatic imine (C=N–C) groups is 1. The first kappa shape index (κ1) is 44.0. The van der Waals surface area contributed by atoms with Crippen LogP contribution >= 0.6 is 0 Å². The topological polar surface area (TPSA) is 71.3 Å². The quantitative estimate of drug-likeness (QED) is 0.128. The van der Waals surface area contributed by atoms with E-state index in [1.165, 1.54) is 12.3 Å². The largest absolute Gasteiger partial charge is 0.504 e. The molecule has 3 aromatic rings. The summed E-state index contributed by atoms with van der Waals surface area (Å²) in [6.45, 7) is 33.8. The Bertz CT molecular complexity index is 1550. The van der Waals surface area contributed by atoms with E-state index >= 15 is 0 Å². The molecule has 0 saturated carbocycles. The zero-order valence-electron chi connectivity index (χ0n) is 35.7. The number of hydrogen-bond donors (Lipinski definition) is 2. The minimum Gasteiger partial charge on any atom is -0.504 e. The Morgan fingerprint density at radius 1 is 0.660 bits per heavy atom. The molecule has 1 atom stereocenters. The van der Waals surface area contributed by atoms with Crippen molar-refractivity contribution in [2.75, 3.05) is 13.2 Å².